The third kappa shape index (κ3) is 2.85. The van der Waals surface area contributed by atoms with Crippen LogP contribution in [0.2, 0.25) is 0 Å². The maximum atomic E-state index is 14.0. The molecular weight excluding hydrogens is 399 g/mol. The highest BCUT2D eigenvalue weighted by Gasteiger charge is 2.35. The topological polar surface area (TPSA) is 66.4 Å². The van der Waals surface area contributed by atoms with E-state index in [4.69, 9.17) is 0 Å². The van der Waals surface area contributed by atoms with Gasteiger partial charge < -0.3 is 0 Å². The zero-order valence-electron chi connectivity index (χ0n) is 15.1. The lowest BCUT2D eigenvalue weighted by Gasteiger charge is -2.37. The predicted molar refractivity (Wildman–Crippen MR) is 105 cm³/mol. The molecule has 1 saturated heterocycles. The molecule has 0 amide bonds. The highest BCUT2D eigenvalue weighted by atomic mass is 32.2. The summed E-state index contributed by atoms with van der Waals surface area (Å²) in [6.07, 6.45) is 1.62. The highest BCUT2D eigenvalue weighted by molar-refractivity contribution is 7.89. The van der Waals surface area contributed by atoms with E-state index in [9.17, 15) is 12.8 Å². The molecule has 3 aromatic rings. The summed E-state index contributed by atoms with van der Waals surface area (Å²) in [4.78, 5) is 2.50. The third-order valence-electron chi connectivity index (χ3n) is 5.76. The van der Waals surface area contributed by atoms with E-state index in [0.29, 0.717) is 37.2 Å². The number of halogens is 1. The quantitative estimate of drug-likeness (QED) is 0.654. The molecule has 0 N–H and O–H groups in total. The van der Waals surface area contributed by atoms with Gasteiger partial charge in [0.2, 0.25) is 10.0 Å². The van der Waals surface area contributed by atoms with Gasteiger partial charge in [-0.2, -0.15) is 13.1 Å². The molecule has 2 aromatic carbocycles. The number of hydrogen-bond acceptors (Lipinski definition) is 6. The van der Waals surface area contributed by atoms with Gasteiger partial charge in [-0.1, -0.05) is 18.2 Å². The van der Waals surface area contributed by atoms with Crippen LogP contribution in [0.3, 0.4) is 0 Å². The van der Waals surface area contributed by atoms with E-state index in [0.717, 1.165) is 35.7 Å². The van der Waals surface area contributed by atoms with Crippen molar-refractivity contribution >= 4 is 32.8 Å². The Labute approximate surface area is 167 Å². The van der Waals surface area contributed by atoms with E-state index < -0.39 is 10.0 Å². The van der Waals surface area contributed by atoms with Crippen molar-refractivity contribution in [2.24, 2.45) is 0 Å². The molecule has 6 nitrogen and oxygen atoms in total. The van der Waals surface area contributed by atoms with Crippen LogP contribution in [0.4, 0.5) is 4.39 Å². The van der Waals surface area contributed by atoms with Gasteiger partial charge in [0.15, 0.2) is 0 Å². The minimum atomic E-state index is -3.62. The molecule has 146 valence electrons. The van der Waals surface area contributed by atoms with Gasteiger partial charge in [0.25, 0.3) is 0 Å². The number of nitrogens with zero attached hydrogens (tertiary/aromatic N) is 4. The van der Waals surface area contributed by atoms with Crippen LogP contribution in [0.15, 0.2) is 41.3 Å². The van der Waals surface area contributed by atoms with Gasteiger partial charge >= 0.3 is 0 Å². The molecule has 0 bridgehead atoms. The number of rotatable bonds is 3. The number of benzene rings is 2. The molecule has 28 heavy (non-hydrogen) atoms. The van der Waals surface area contributed by atoms with Crippen LogP contribution in [0.25, 0.3) is 11.0 Å². The summed E-state index contributed by atoms with van der Waals surface area (Å²) in [7, 11) is -3.62. The first-order valence-electron chi connectivity index (χ1n) is 9.28. The molecule has 2 aliphatic rings. The van der Waals surface area contributed by atoms with Gasteiger partial charge in [-0.05, 0) is 42.2 Å². The summed E-state index contributed by atoms with van der Waals surface area (Å²) in [5, 5.41) is 0. The smallest absolute Gasteiger partial charge is 0.245 e. The zero-order chi connectivity index (χ0) is 19.3. The Morgan fingerprint density at radius 3 is 2.64 bits per heavy atom. The van der Waals surface area contributed by atoms with Gasteiger partial charge in [-0.25, -0.2) is 12.8 Å². The summed E-state index contributed by atoms with van der Waals surface area (Å²) >= 11 is 1.02. The fourth-order valence-corrected chi connectivity index (χ4v) is 6.53. The Morgan fingerprint density at radius 1 is 1.04 bits per heavy atom. The van der Waals surface area contributed by atoms with Crippen molar-refractivity contribution in [3.63, 3.8) is 0 Å². The van der Waals surface area contributed by atoms with E-state index in [1.165, 1.54) is 10.4 Å². The SMILES string of the molecule is O=S(=O)(c1cccc2nsnc12)N1CCN([C@H]2CCc3c(F)cccc32)CC1. The zero-order valence-corrected chi connectivity index (χ0v) is 16.7. The van der Waals surface area contributed by atoms with Crippen molar-refractivity contribution in [3.8, 4) is 0 Å². The molecule has 1 aliphatic carbocycles. The molecule has 0 radical (unpaired) electrons. The summed E-state index contributed by atoms with van der Waals surface area (Å²) in [6.45, 7) is 2.09. The third-order valence-corrected chi connectivity index (χ3v) is 8.24. The lowest BCUT2D eigenvalue weighted by atomic mass is 10.1. The molecule has 2 heterocycles. The number of aromatic nitrogens is 2. The number of sulfonamides is 1. The van der Waals surface area contributed by atoms with E-state index in [1.54, 1.807) is 24.3 Å². The van der Waals surface area contributed by atoms with Gasteiger partial charge in [0.1, 0.15) is 21.7 Å². The Hall–Kier alpha value is -1.94. The second-order valence-electron chi connectivity index (χ2n) is 7.19. The molecule has 9 heteroatoms. The summed E-state index contributed by atoms with van der Waals surface area (Å²) < 4.78 is 50.2. The van der Waals surface area contributed by atoms with Crippen LogP contribution in [0.1, 0.15) is 23.6 Å². The van der Waals surface area contributed by atoms with E-state index in [-0.39, 0.29) is 16.8 Å². The molecular formula is C19H19FN4O2S2. The lowest BCUT2D eigenvalue weighted by Crippen LogP contribution is -2.49. The molecule has 0 saturated carbocycles. The van der Waals surface area contributed by atoms with Crippen molar-refractivity contribution in [2.45, 2.75) is 23.8 Å². The molecule has 1 aromatic heterocycles. The lowest BCUT2D eigenvalue weighted by molar-refractivity contribution is 0.137. The van der Waals surface area contributed by atoms with E-state index >= 15 is 0 Å². The van der Waals surface area contributed by atoms with E-state index in [1.807, 2.05) is 6.07 Å². The average Bonchev–Trinajstić information content (AvgIpc) is 3.35. The summed E-state index contributed by atoms with van der Waals surface area (Å²) in [5.41, 5.74) is 2.91. The molecule has 5 rings (SSSR count). The monoisotopic (exact) mass is 418 g/mol. The van der Waals surface area contributed by atoms with Gasteiger partial charge in [-0.15, -0.1) is 0 Å². The van der Waals surface area contributed by atoms with Crippen LogP contribution >= 0.6 is 11.7 Å². The fraction of sp³-hybridized carbons (Fsp3) is 0.368. The number of piperazine rings is 1. The Balaban J connectivity index is 1.36. The second kappa shape index (κ2) is 6.84. The molecule has 0 spiro atoms. The van der Waals surface area contributed by atoms with Crippen molar-refractivity contribution in [1.29, 1.82) is 0 Å². The first-order chi connectivity index (χ1) is 13.6. The molecule has 1 aliphatic heterocycles. The maximum Gasteiger partial charge on any atom is 0.245 e. The average molecular weight is 419 g/mol. The molecule has 1 atom stereocenters. The first-order valence-corrected chi connectivity index (χ1v) is 11.5. The van der Waals surface area contributed by atoms with Crippen LogP contribution in [0.5, 0.6) is 0 Å². The molecule has 1 fully saturated rings. The first kappa shape index (κ1) is 18.1. The Kier molecular flexibility index (Phi) is 4.42. The van der Waals surface area contributed by atoms with Gasteiger partial charge in [0, 0.05) is 32.2 Å². The molecule has 0 unspecified atom stereocenters. The largest absolute Gasteiger partial charge is 0.294 e. The van der Waals surface area contributed by atoms with Crippen molar-refractivity contribution in [1.82, 2.24) is 18.0 Å². The van der Waals surface area contributed by atoms with Gasteiger partial charge in [0.05, 0.1) is 11.7 Å². The Bertz CT molecular complexity index is 1140. The predicted octanol–water partition coefficient (Wildman–Crippen LogP) is 2.82. The Morgan fingerprint density at radius 2 is 1.82 bits per heavy atom. The normalized spacial score (nSPS) is 21.2. The summed E-state index contributed by atoms with van der Waals surface area (Å²) in [5.74, 6) is -0.133. The number of fused-ring (bicyclic) bond motifs is 2. The summed E-state index contributed by atoms with van der Waals surface area (Å²) in [6, 6.07) is 10.5. The minimum absolute atomic E-state index is 0.133. The van der Waals surface area contributed by atoms with Crippen molar-refractivity contribution in [3.05, 3.63) is 53.3 Å². The standard InChI is InChI=1S/C19H19FN4O2S2/c20-15-4-1-3-14-13(15)7-8-17(14)23-9-11-24(12-10-23)28(25,26)18-6-2-5-16-19(18)22-27-21-16/h1-6,17H,7-12H2/t17-/m0/s1. The highest BCUT2D eigenvalue weighted by Crippen LogP contribution is 2.37. The van der Waals surface area contributed by atoms with Crippen LogP contribution in [-0.4, -0.2) is 52.5 Å². The van der Waals surface area contributed by atoms with Crippen LogP contribution in [0, 0.1) is 5.82 Å². The van der Waals surface area contributed by atoms with Gasteiger partial charge in [-0.3, -0.25) is 4.90 Å². The second-order valence-corrected chi connectivity index (χ2v) is 9.63. The fourth-order valence-electron chi connectivity index (χ4n) is 4.35. The number of hydrogen-bond donors (Lipinski definition) is 0. The van der Waals surface area contributed by atoms with E-state index in [2.05, 4.69) is 13.6 Å². The maximum absolute atomic E-state index is 14.0. The van der Waals surface area contributed by atoms with Crippen LogP contribution < -0.4 is 0 Å². The minimum Gasteiger partial charge on any atom is -0.294 e. The van der Waals surface area contributed by atoms with Crippen molar-refractivity contribution in [2.75, 3.05) is 26.2 Å². The van der Waals surface area contributed by atoms with Crippen LogP contribution in [-0.2, 0) is 16.4 Å². The van der Waals surface area contributed by atoms with Crippen molar-refractivity contribution < 1.29 is 12.8 Å².